The molecule has 25 heavy (non-hydrogen) atoms. The Labute approximate surface area is 156 Å². The summed E-state index contributed by atoms with van der Waals surface area (Å²) < 4.78 is -1.59. The molecule has 0 bridgehead atoms. The molecule has 1 amide bonds. The lowest BCUT2D eigenvalue weighted by Gasteiger charge is -2.59. The second-order valence-corrected chi connectivity index (χ2v) is 7.32. The fourth-order valence-electron chi connectivity index (χ4n) is 3.57. The number of para-hydroxylation sites is 1. The molecule has 1 saturated heterocycles. The largest absolute Gasteiger partial charge is 0.292 e. The Balaban J connectivity index is 2.03. The summed E-state index contributed by atoms with van der Waals surface area (Å²) in [6.45, 7) is 0. The van der Waals surface area contributed by atoms with Crippen molar-refractivity contribution < 1.29 is 4.79 Å². The Morgan fingerprint density at radius 1 is 0.640 bits per heavy atom. The Bertz CT molecular complexity index is 855. The Kier molecular flexibility index (Phi) is 3.82. The van der Waals surface area contributed by atoms with Crippen LogP contribution in [0.4, 0.5) is 5.69 Å². The van der Waals surface area contributed by atoms with Gasteiger partial charge in [0.25, 0.3) is 5.91 Å². The number of alkyl halides is 2. The highest BCUT2D eigenvalue weighted by Gasteiger charge is 2.72. The molecule has 3 aromatic rings. The van der Waals surface area contributed by atoms with Crippen molar-refractivity contribution in [3.05, 3.63) is 102 Å². The summed E-state index contributed by atoms with van der Waals surface area (Å²) in [5.41, 5.74) is 1.51. The van der Waals surface area contributed by atoms with Crippen LogP contribution in [0.5, 0.6) is 0 Å². The fourth-order valence-corrected chi connectivity index (χ4v) is 4.34. The summed E-state index contributed by atoms with van der Waals surface area (Å²) in [4.78, 5) is 14.6. The van der Waals surface area contributed by atoms with Crippen molar-refractivity contribution >= 4 is 34.8 Å². The summed E-state index contributed by atoms with van der Waals surface area (Å²) in [5.74, 6) is -0.324. The number of anilines is 1. The molecule has 4 rings (SSSR count). The quantitative estimate of drug-likeness (QED) is 0.462. The van der Waals surface area contributed by atoms with E-state index in [9.17, 15) is 4.79 Å². The van der Waals surface area contributed by atoms with Crippen LogP contribution in [0.1, 0.15) is 11.1 Å². The number of amides is 1. The minimum absolute atomic E-state index is 0.324. The second-order valence-electron chi connectivity index (χ2n) is 5.99. The Hall–Kier alpha value is -2.29. The minimum atomic E-state index is -1.59. The van der Waals surface area contributed by atoms with Gasteiger partial charge in [-0.1, -0.05) is 102 Å². The summed E-state index contributed by atoms with van der Waals surface area (Å²) in [6, 6.07) is 28.9. The average Bonchev–Trinajstić information content (AvgIpc) is 2.67. The first-order valence-electron chi connectivity index (χ1n) is 7.98. The predicted octanol–water partition coefficient (Wildman–Crippen LogP) is 5.15. The van der Waals surface area contributed by atoms with Crippen LogP contribution in [0.15, 0.2) is 91.0 Å². The summed E-state index contributed by atoms with van der Waals surface area (Å²) in [5, 5.41) is 0. The van der Waals surface area contributed by atoms with Crippen LogP contribution >= 0.6 is 23.2 Å². The number of β-lactam (4-membered cyclic amide) rings is 1. The zero-order valence-corrected chi connectivity index (χ0v) is 14.8. The molecule has 0 unspecified atom stereocenters. The number of hydrogen-bond acceptors (Lipinski definition) is 1. The average molecular weight is 368 g/mol. The molecule has 0 saturated carbocycles. The molecule has 0 N–H and O–H groups in total. The van der Waals surface area contributed by atoms with Crippen molar-refractivity contribution in [3.63, 3.8) is 0 Å². The molecule has 1 heterocycles. The molecule has 2 nitrogen and oxygen atoms in total. The first-order chi connectivity index (χ1) is 12.1. The third kappa shape index (κ3) is 2.14. The molecule has 0 aliphatic carbocycles. The van der Waals surface area contributed by atoms with E-state index < -0.39 is 9.87 Å². The standard InChI is InChI=1S/C21H15Cl2NO/c22-21(23)19(25)24(18-14-8-3-9-15-18)20(21,16-10-4-1-5-11-16)17-12-6-2-7-13-17/h1-15H. The number of carbonyl (C=O) groups is 1. The van der Waals surface area contributed by atoms with Crippen molar-refractivity contribution in [2.24, 2.45) is 0 Å². The van der Waals surface area contributed by atoms with Crippen LogP contribution < -0.4 is 4.90 Å². The van der Waals surface area contributed by atoms with E-state index in [0.717, 1.165) is 16.8 Å². The van der Waals surface area contributed by atoms with Gasteiger partial charge in [-0.2, -0.15) is 0 Å². The van der Waals surface area contributed by atoms with Gasteiger partial charge in [-0.25, -0.2) is 0 Å². The van der Waals surface area contributed by atoms with Gasteiger partial charge in [0.1, 0.15) is 5.54 Å². The maximum Gasteiger partial charge on any atom is 0.267 e. The Morgan fingerprint density at radius 3 is 1.48 bits per heavy atom. The van der Waals surface area contributed by atoms with Crippen molar-refractivity contribution in [1.29, 1.82) is 0 Å². The summed E-state index contributed by atoms with van der Waals surface area (Å²) in [6.07, 6.45) is 0. The van der Waals surface area contributed by atoms with Crippen LogP contribution in [0.2, 0.25) is 0 Å². The zero-order chi connectivity index (χ0) is 17.5. The number of halogens is 2. The van der Waals surface area contributed by atoms with E-state index in [1.54, 1.807) is 4.90 Å². The molecule has 124 valence electrons. The van der Waals surface area contributed by atoms with E-state index in [0.29, 0.717) is 0 Å². The molecular formula is C21H15Cl2NO. The van der Waals surface area contributed by atoms with Gasteiger partial charge in [-0.15, -0.1) is 0 Å². The summed E-state index contributed by atoms with van der Waals surface area (Å²) >= 11 is 13.3. The smallest absolute Gasteiger partial charge is 0.267 e. The molecule has 4 heteroatoms. The van der Waals surface area contributed by atoms with Gasteiger partial charge in [-0.3, -0.25) is 9.69 Å². The molecule has 0 atom stereocenters. The molecule has 0 spiro atoms. The maximum absolute atomic E-state index is 12.9. The van der Waals surface area contributed by atoms with Crippen LogP contribution in [0.3, 0.4) is 0 Å². The third-order valence-electron chi connectivity index (χ3n) is 4.66. The summed E-state index contributed by atoms with van der Waals surface area (Å²) in [7, 11) is 0. The highest BCUT2D eigenvalue weighted by molar-refractivity contribution is 6.63. The molecule has 0 radical (unpaired) electrons. The SMILES string of the molecule is O=C1N(c2ccccc2)C(c2ccccc2)(c2ccccc2)C1(Cl)Cl. The zero-order valence-electron chi connectivity index (χ0n) is 13.3. The topological polar surface area (TPSA) is 20.3 Å². The predicted molar refractivity (Wildman–Crippen MR) is 102 cm³/mol. The normalized spacial score (nSPS) is 17.8. The van der Waals surface area contributed by atoms with E-state index in [-0.39, 0.29) is 5.91 Å². The van der Waals surface area contributed by atoms with Gasteiger partial charge < -0.3 is 0 Å². The van der Waals surface area contributed by atoms with Gasteiger partial charge in [0, 0.05) is 5.69 Å². The molecule has 3 aromatic carbocycles. The monoisotopic (exact) mass is 367 g/mol. The van der Waals surface area contributed by atoms with Gasteiger partial charge in [0.15, 0.2) is 0 Å². The lowest BCUT2D eigenvalue weighted by Crippen LogP contribution is -2.76. The molecule has 0 aromatic heterocycles. The highest BCUT2D eigenvalue weighted by atomic mass is 35.5. The number of hydrogen-bond donors (Lipinski definition) is 0. The number of carbonyl (C=O) groups excluding carboxylic acids is 1. The molecule has 1 fully saturated rings. The minimum Gasteiger partial charge on any atom is -0.292 e. The van der Waals surface area contributed by atoms with Gasteiger partial charge in [0.2, 0.25) is 4.33 Å². The highest BCUT2D eigenvalue weighted by Crippen LogP contribution is 2.60. The lowest BCUT2D eigenvalue weighted by molar-refractivity contribution is -0.127. The number of rotatable bonds is 3. The van der Waals surface area contributed by atoms with Crippen LogP contribution in [0, 0.1) is 0 Å². The third-order valence-corrected chi connectivity index (χ3v) is 5.53. The first-order valence-corrected chi connectivity index (χ1v) is 8.74. The van der Waals surface area contributed by atoms with Crippen molar-refractivity contribution in [2.45, 2.75) is 9.87 Å². The fraction of sp³-hybridized carbons (Fsp3) is 0.0952. The van der Waals surface area contributed by atoms with Crippen LogP contribution in [-0.4, -0.2) is 10.2 Å². The maximum atomic E-state index is 12.9. The Morgan fingerprint density at radius 2 is 1.04 bits per heavy atom. The van der Waals surface area contributed by atoms with Crippen LogP contribution in [-0.2, 0) is 10.3 Å². The van der Waals surface area contributed by atoms with E-state index in [1.807, 2.05) is 91.0 Å². The van der Waals surface area contributed by atoms with E-state index in [2.05, 4.69) is 0 Å². The second kappa shape index (κ2) is 5.91. The van der Waals surface area contributed by atoms with E-state index in [4.69, 9.17) is 23.2 Å². The first kappa shape index (κ1) is 16.2. The van der Waals surface area contributed by atoms with Gasteiger partial charge in [-0.05, 0) is 23.3 Å². The van der Waals surface area contributed by atoms with Gasteiger partial charge in [0.05, 0.1) is 0 Å². The number of nitrogens with zero attached hydrogens (tertiary/aromatic N) is 1. The van der Waals surface area contributed by atoms with E-state index >= 15 is 0 Å². The lowest BCUT2D eigenvalue weighted by atomic mass is 9.71. The van der Waals surface area contributed by atoms with Crippen molar-refractivity contribution in [1.82, 2.24) is 0 Å². The molecule has 1 aliphatic rings. The molecular weight excluding hydrogens is 353 g/mol. The van der Waals surface area contributed by atoms with Crippen molar-refractivity contribution in [2.75, 3.05) is 4.90 Å². The van der Waals surface area contributed by atoms with Crippen LogP contribution in [0.25, 0.3) is 0 Å². The van der Waals surface area contributed by atoms with E-state index in [1.165, 1.54) is 0 Å². The van der Waals surface area contributed by atoms with Gasteiger partial charge >= 0.3 is 0 Å². The van der Waals surface area contributed by atoms with Crippen molar-refractivity contribution in [3.8, 4) is 0 Å². The molecule has 1 aliphatic heterocycles. The number of benzene rings is 3.